The van der Waals surface area contributed by atoms with Crippen LogP contribution in [0.2, 0.25) is 0 Å². The third-order valence-corrected chi connectivity index (χ3v) is 3.26. The van der Waals surface area contributed by atoms with Crippen LogP contribution in [0.25, 0.3) is 0 Å². The molecule has 1 rings (SSSR count). The fourth-order valence-corrected chi connectivity index (χ4v) is 2.04. The van der Waals surface area contributed by atoms with Crippen LogP contribution in [-0.4, -0.2) is 40.9 Å². The van der Waals surface area contributed by atoms with Crippen LogP contribution in [0.5, 0.6) is 0 Å². The van der Waals surface area contributed by atoms with Gasteiger partial charge in [0, 0.05) is 6.54 Å². The Kier molecular flexibility index (Phi) is 6.21. The highest BCUT2D eigenvalue weighted by atomic mass is 16.6. The zero-order valence-corrected chi connectivity index (χ0v) is 13.7. The highest BCUT2D eigenvalue weighted by Crippen LogP contribution is 2.19. The second kappa shape index (κ2) is 7.46. The number of benzene rings is 1. The number of carbonyl (C=O) groups excluding carboxylic acids is 1. The number of rotatable bonds is 5. The van der Waals surface area contributed by atoms with Gasteiger partial charge in [-0.05, 0) is 39.2 Å². The van der Waals surface area contributed by atoms with Crippen LogP contribution in [0.3, 0.4) is 0 Å². The summed E-state index contributed by atoms with van der Waals surface area (Å²) in [6, 6.07) is 9.76. The van der Waals surface area contributed by atoms with Gasteiger partial charge in [-0.3, -0.25) is 0 Å². The lowest BCUT2D eigenvalue weighted by Crippen LogP contribution is -2.45. The minimum absolute atomic E-state index is 0.0826. The van der Waals surface area contributed by atoms with Gasteiger partial charge in [0.25, 0.3) is 0 Å². The van der Waals surface area contributed by atoms with Crippen molar-refractivity contribution in [3.05, 3.63) is 35.9 Å². The topological polar surface area (TPSA) is 49.8 Å². The van der Waals surface area contributed by atoms with Gasteiger partial charge in [-0.25, -0.2) is 4.79 Å². The molecule has 1 aromatic carbocycles. The number of hydrogen-bond acceptors (Lipinski definition) is 3. The van der Waals surface area contributed by atoms with Gasteiger partial charge in [-0.2, -0.15) is 0 Å². The Labute approximate surface area is 127 Å². The molecular weight excluding hydrogens is 266 g/mol. The molecule has 1 amide bonds. The smallest absolute Gasteiger partial charge is 0.410 e. The van der Waals surface area contributed by atoms with Crippen LogP contribution in [0.4, 0.5) is 4.79 Å². The van der Waals surface area contributed by atoms with Crippen molar-refractivity contribution in [1.29, 1.82) is 0 Å². The third kappa shape index (κ3) is 5.76. The molecule has 0 bridgehead atoms. The van der Waals surface area contributed by atoms with E-state index in [1.165, 1.54) is 0 Å². The Morgan fingerprint density at radius 2 is 1.81 bits per heavy atom. The lowest BCUT2D eigenvalue weighted by molar-refractivity contribution is 0.0104. The van der Waals surface area contributed by atoms with Gasteiger partial charge >= 0.3 is 6.09 Å². The van der Waals surface area contributed by atoms with Gasteiger partial charge in [-0.1, -0.05) is 37.3 Å². The Balaban J connectivity index is 2.81. The Bertz CT molecular complexity index is 439. The minimum atomic E-state index is -0.541. The number of aliphatic hydroxyl groups is 1. The number of nitrogens with zero attached hydrogens (tertiary/aromatic N) is 1. The van der Waals surface area contributed by atoms with Crippen molar-refractivity contribution in [3.8, 4) is 0 Å². The number of aliphatic hydroxyl groups excluding tert-OH is 1. The summed E-state index contributed by atoms with van der Waals surface area (Å²) in [6.45, 7) is 9.84. The first kappa shape index (κ1) is 17.5. The normalized spacial score (nSPS) is 14.4. The number of carbonyl (C=O) groups is 1. The van der Waals surface area contributed by atoms with Gasteiger partial charge in [0.2, 0.25) is 0 Å². The second-order valence-electron chi connectivity index (χ2n) is 6.48. The van der Waals surface area contributed by atoms with Crippen molar-refractivity contribution >= 4 is 6.09 Å². The molecule has 21 heavy (non-hydrogen) atoms. The van der Waals surface area contributed by atoms with Crippen LogP contribution in [0, 0.1) is 0 Å². The molecule has 4 nitrogen and oxygen atoms in total. The van der Waals surface area contributed by atoms with Crippen molar-refractivity contribution in [2.45, 2.75) is 52.2 Å². The molecule has 4 heteroatoms. The number of ether oxygens (including phenoxy) is 1. The van der Waals surface area contributed by atoms with Crippen molar-refractivity contribution in [3.63, 3.8) is 0 Å². The first-order valence-electron chi connectivity index (χ1n) is 7.40. The van der Waals surface area contributed by atoms with Crippen LogP contribution in [-0.2, 0) is 4.74 Å². The molecule has 0 heterocycles. The highest BCUT2D eigenvalue weighted by Gasteiger charge is 2.27. The van der Waals surface area contributed by atoms with Crippen LogP contribution >= 0.6 is 0 Å². The predicted octanol–water partition coefficient (Wildman–Crippen LogP) is 3.41. The maximum absolute atomic E-state index is 12.3. The van der Waals surface area contributed by atoms with E-state index in [4.69, 9.17) is 4.74 Å². The summed E-state index contributed by atoms with van der Waals surface area (Å²) >= 11 is 0. The molecule has 2 unspecified atom stereocenters. The fraction of sp³-hybridized carbons (Fsp3) is 0.588. The first-order valence-corrected chi connectivity index (χ1v) is 7.40. The molecule has 0 saturated heterocycles. The average Bonchev–Trinajstić information content (AvgIpc) is 2.42. The molecule has 0 aliphatic carbocycles. The highest BCUT2D eigenvalue weighted by molar-refractivity contribution is 5.68. The van der Waals surface area contributed by atoms with E-state index in [1.54, 1.807) is 4.90 Å². The van der Waals surface area contributed by atoms with E-state index in [0.717, 1.165) is 5.56 Å². The van der Waals surface area contributed by atoms with Gasteiger partial charge in [0.05, 0.1) is 12.6 Å². The quantitative estimate of drug-likeness (QED) is 0.905. The molecule has 118 valence electrons. The molecule has 0 saturated carbocycles. The van der Waals surface area contributed by atoms with Gasteiger partial charge < -0.3 is 14.7 Å². The minimum Gasteiger partial charge on any atom is -0.444 e. The predicted molar refractivity (Wildman–Crippen MR) is 84.3 cm³/mol. The largest absolute Gasteiger partial charge is 0.444 e. The van der Waals surface area contributed by atoms with Crippen molar-refractivity contribution in [2.75, 3.05) is 13.2 Å². The fourth-order valence-electron chi connectivity index (χ4n) is 2.04. The summed E-state index contributed by atoms with van der Waals surface area (Å²) in [7, 11) is 0. The number of hydrogen-bond donors (Lipinski definition) is 1. The van der Waals surface area contributed by atoms with Crippen LogP contribution in [0.15, 0.2) is 30.3 Å². The summed E-state index contributed by atoms with van der Waals surface area (Å²) in [5, 5.41) is 9.39. The summed E-state index contributed by atoms with van der Waals surface area (Å²) < 4.78 is 5.44. The van der Waals surface area contributed by atoms with E-state index >= 15 is 0 Å². The van der Waals surface area contributed by atoms with Crippen molar-refractivity contribution < 1.29 is 14.6 Å². The molecule has 1 aromatic rings. The monoisotopic (exact) mass is 293 g/mol. The standard InChI is InChI=1S/C17H27NO3/c1-13(15-9-7-6-8-10-15)11-18(14(2)12-19)16(20)21-17(3,4)5/h6-10,13-14,19H,11-12H2,1-5H3. The van der Waals surface area contributed by atoms with E-state index in [2.05, 4.69) is 6.92 Å². The summed E-state index contributed by atoms with van der Waals surface area (Å²) in [5.74, 6) is 0.174. The molecule has 2 atom stereocenters. The maximum Gasteiger partial charge on any atom is 0.410 e. The summed E-state index contributed by atoms with van der Waals surface area (Å²) in [6.07, 6.45) is -0.383. The number of amides is 1. The van der Waals surface area contributed by atoms with E-state index in [0.29, 0.717) is 6.54 Å². The van der Waals surface area contributed by atoms with Crippen molar-refractivity contribution in [1.82, 2.24) is 4.90 Å². The van der Waals surface area contributed by atoms with Crippen LogP contribution < -0.4 is 0 Å². The Hall–Kier alpha value is -1.55. The lowest BCUT2D eigenvalue weighted by Gasteiger charge is -2.32. The molecule has 0 fully saturated rings. The molecule has 0 aromatic heterocycles. The summed E-state index contributed by atoms with van der Waals surface area (Å²) in [4.78, 5) is 13.9. The third-order valence-electron chi connectivity index (χ3n) is 3.26. The SMILES string of the molecule is CC(CN(C(=O)OC(C)(C)C)C(C)CO)c1ccccc1. The van der Waals surface area contributed by atoms with Gasteiger partial charge in [0.1, 0.15) is 5.60 Å². The zero-order chi connectivity index (χ0) is 16.0. The van der Waals surface area contributed by atoms with Crippen LogP contribution in [0.1, 0.15) is 46.1 Å². The van der Waals surface area contributed by atoms with Gasteiger partial charge in [0.15, 0.2) is 0 Å². The zero-order valence-electron chi connectivity index (χ0n) is 13.7. The molecular formula is C17H27NO3. The van der Waals surface area contributed by atoms with Gasteiger partial charge in [-0.15, -0.1) is 0 Å². The Morgan fingerprint density at radius 3 is 2.29 bits per heavy atom. The molecule has 0 radical (unpaired) electrons. The molecule has 1 N–H and O–H groups in total. The summed E-state index contributed by atoms with van der Waals surface area (Å²) in [5.41, 5.74) is 0.622. The van der Waals surface area contributed by atoms with E-state index in [9.17, 15) is 9.90 Å². The van der Waals surface area contributed by atoms with Crippen molar-refractivity contribution in [2.24, 2.45) is 0 Å². The average molecular weight is 293 g/mol. The maximum atomic E-state index is 12.3. The van der Waals surface area contributed by atoms with E-state index < -0.39 is 5.60 Å². The second-order valence-corrected chi connectivity index (χ2v) is 6.48. The molecule has 0 aliphatic rings. The van der Waals surface area contributed by atoms with E-state index in [1.807, 2.05) is 58.0 Å². The molecule has 0 spiro atoms. The molecule has 0 aliphatic heterocycles. The van der Waals surface area contributed by atoms with E-state index in [-0.39, 0.29) is 24.7 Å². The Morgan fingerprint density at radius 1 is 1.24 bits per heavy atom. The first-order chi connectivity index (χ1) is 9.74. The lowest BCUT2D eigenvalue weighted by atomic mass is 10.0.